The summed E-state index contributed by atoms with van der Waals surface area (Å²) in [6.45, 7) is 1.88. The summed E-state index contributed by atoms with van der Waals surface area (Å²) in [4.78, 5) is 0. The van der Waals surface area contributed by atoms with Gasteiger partial charge in [-0.25, -0.2) is 9.82 Å². The van der Waals surface area contributed by atoms with Crippen LogP contribution >= 0.6 is 0 Å². The van der Waals surface area contributed by atoms with Crippen molar-refractivity contribution in [2.24, 2.45) is 5.84 Å². The molecule has 0 radical (unpaired) electrons. The van der Waals surface area contributed by atoms with Gasteiger partial charge in [0, 0.05) is 11.1 Å². The van der Waals surface area contributed by atoms with Crippen LogP contribution in [0.4, 0.5) is 10.2 Å². The number of H-pyrrole nitrogens is 1. The Labute approximate surface area is 98.0 Å². The summed E-state index contributed by atoms with van der Waals surface area (Å²) in [5, 5.41) is 6.40. The lowest BCUT2D eigenvalue weighted by Gasteiger charge is -2.16. The second-order valence-electron chi connectivity index (χ2n) is 3.86. The zero-order valence-corrected chi connectivity index (χ0v) is 9.37. The summed E-state index contributed by atoms with van der Waals surface area (Å²) in [6.07, 6.45) is 1.53. The lowest BCUT2D eigenvalue weighted by molar-refractivity contribution is 0.560. The van der Waals surface area contributed by atoms with E-state index in [0.29, 0.717) is 16.9 Å². The second kappa shape index (κ2) is 4.52. The van der Waals surface area contributed by atoms with E-state index < -0.39 is 6.04 Å². The predicted molar refractivity (Wildman–Crippen MR) is 63.3 cm³/mol. The molecular weight excluding hydrogens is 221 g/mol. The average molecular weight is 235 g/mol. The van der Waals surface area contributed by atoms with E-state index in [0.717, 1.165) is 5.56 Å². The first-order valence-electron chi connectivity index (χ1n) is 5.14. The van der Waals surface area contributed by atoms with Crippen molar-refractivity contribution in [1.29, 1.82) is 0 Å². The van der Waals surface area contributed by atoms with Crippen LogP contribution in [0, 0.1) is 12.7 Å². The Morgan fingerprint density at radius 3 is 2.76 bits per heavy atom. The first-order valence-corrected chi connectivity index (χ1v) is 5.14. The summed E-state index contributed by atoms with van der Waals surface area (Å²) in [5.74, 6) is 5.51. The molecule has 1 atom stereocenters. The zero-order valence-electron chi connectivity index (χ0n) is 9.37. The Hall–Kier alpha value is -1.92. The van der Waals surface area contributed by atoms with Crippen molar-refractivity contribution < 1.29 is 4.39 Å². The molecule has 0 aliphatic heterocycles. The molecule has 0 amide bonds. The van der Waals surface area contributed by atoms with Gasteiger partial charge >= 0.3 is 0 Å². The summed E-state index contributed by atoms with van der Waals surface area (Å²) >= 11 is 0. The number of benzene rings is 1. The van der Waals surface area contributed by atoms with Gasteiger partial charge in [-0.2, -0.15) is 5.10 Å². The van der Waals surface area contributed by atoms with Crippen molar-refractivity contribution in [2.75, 3.05) is 5.73 Å². The fraction of sp³-hybridized carbons (Fsp3) is 0.182. The largest absolute Gasteiger partial charge is 0.384 e. The fourth-order valence-corrected chi connectivity index (χ4v) is 1.77. The van der Waals surface area contributed by atoms with Gasteiger partial charge in [0.2, 0.25) is 0 Å². The van der Waals surface area contributed by atoms with Gasteiger partial charge in [0.15, 0.2) is 0 Å². The van der Waals surface area contributed by atoms with Crippen LogP contribution in [0.5, 0.6) is 0 Å². The maximum Gasteiger partial charge on any atom is 0.128 e. The highest BCUT2D eigenvalue weighted by atomic mass is 19.1. The van der Waals surface area contributed by atoms with Gasteiger partial charge < -0.3 is 5.73 Å². The molecule has 5 nitrogen and oxygen atoms in total. The molecule has 0 aliphatic rings. The number of aryl methyl sites for hydroxylation is 1. The Balaban J connectivity index is 2.49. The van der Waals surface area contributed by atoms with Crippen molar-refractivity contribution in [3.63, 3.8) is 0 Å². The summed E-state index contributed by atoms with van der Waals surface area (Å²) in [7, 11) is 0. The van der Waals surface area contributed by atoms with E-state index in [1.54, 1.807) is 12.1 Å². The maximum atomic E-state index is 13.8. The Morgan fingerprint density at radius 2 is 2.18 bits per heavy atom. The molecule has 90 valence electrons. The molecule has 0 saturated heterocycles. The normalized spacial score (nSPS) is 12.6. The highest BCUT2D eigenvalue weighted by molar-refractivity contribution is 5.45. The number of aromatic amines is 1. The minimum atomic E-state index is -0.520. The summed E-state index contributed by atoms with van der Waals surface area (Å²) in [6, 6.07) is 4.32. The smallest absolute Gasteiger partial charge is 0.128 e. The molecule has 0 saturated carbocycles. The molecule has 0 spiro atoms. The van der Waals surface area contributed by atoms with E-state index in [1.807, 2.05) is 6.92 Å². The molecule has 1 aromatic carbocycles. The molecule has 6 N–H and O–H groups in total. The van der Waals surface area contributed by atoms with Gasteiger partial charge in [-0.15, -0.1) is 0 Å². The summed E-state index contributed by atoms with van der Waals surface area (Å²) in [5.41, 5.74) is 10.3. The molecule has 1 unspecified atom stereocenters. The second-order valence-corrected chi connectivity index (χ2v) is 3.86. The SMILES string of the molecule is Cc1ccc(F)c(C(NN)c2cn[nH]c2N)c1. The minimum absolute atomic E-state index is 0.334. The number of nitrogen functional groups attached to an aromatic ring is 1. The van der Waals surface area contributed by atoms with Crippen LogP contribution in [-0.2, 0) is 0 Å². The van der Waals surface area contributed by atoms with Crippen LogP contribution < -0.4 is 17.0 Å². The maximum absolute atomic E-state index is 13.8. The third-order valence-corrected chi connectivity index (χ3v) is 2.64. The quantitative estimate of drug-likeness (QED) is 0.471. The predicted octanol–water partition coefficient (Wildman–Crippen LogP) is 0.992. The zero-order chi connectivity index (χ0) is 12.4. The van der Waals surface area contributed by atoms with Crippen molar-refractivity contribution in [2.45, 2.75) is 13.0 Å². The molecule has 0 bridgehead atoms. The Bertz CT molecular complexity index is 522. The van der Waals surface area contributed by atoms with Gasteiger partial charge in [-0.05, 0) is 13.0 Å². The first kappa shape index (κ1) is 11.6. The van der Waals surface area contributed by atoms with Crippen LogP contribution in [0.25, 0.3) is 0 Å². The number of nitrogens with two attached hydrogens (primary N) is 2. The molecule has 6 heteroatoms. The van der Waals surface area contributed by atoms with Crippen molar-refractivity contribution in [3.05, 3.63) is 46.9 Å². The number of nitrogens with one attached hydrogen (secondary N) is 2. The van der Waals surface area contributed by atoms with E-state index in [1.165, 1.54) is 12.3 Å². The summed E-state index contributed by atoms with van der Waals surface area (Å²) < 4.78 is 13.8. The van der Waals surface area contributed by atoms with E-state index in [4.69, 9.17) is 11.6 Å². The van der Waals surface area contributed by atoms with Crippen molar-refractivity contribution >= 4 is 5.82 Å². The van der Waals surface area contributed by atoms with E-state index in [-0.39, 0.29) is 5.82 Å². The Kier molecular flexibility index (Phi) is 3.08. The van der Waals surface area contributed by atoms with Gasteiger partial charge in [0.1, 0.15) is 11.6 Å². The topological polar surface area (TPSA) is 92.7 Å². The number of aromatic nitrogens is 2. The number of anilines is 1. The fourth-order valence-electron chi connectivity index (χ4n) is 1.77. The van der Waals surface area contributed by atoms with Crippen molar-refractivity contribution in [3.8, 4) is 0 Å². The van der Waals surface area contributed by atoms with Crippen LogP contribution in [-0.4, -0.2) is 10.2 Å². The molecule has 2 aromatic rings. The molecule has 1 heterocycles. The Morgan fingerprint density at radius 1 is 1.41 bits per heavy atom. The van der Waals surface area contributed by atoms with Gasteiger partial charge in [-0.1, -0.05) is 17.7 Å². The highest BCUT2D eigenvalue weighted by Gasteiger charge is 2.20. The molecule has 2 rings (SSSR count). The number of hydrogen-bond acceptors (Lipinski definition) is 4. The molecule has 0 fully saturated rings. The van der Waals surface area contributed by atoms with Gasteiger partial charge in [-0.3, -0.25) is 10.9 Å². The minimum Gasteiger partial charge on any atom is -0.384 e. The van der Waals surface area contributed by atoms with Gasteiger partial charge in [0.05, 0.1) is 12.2 Å². The molecular formula is C11H14FN5. The highest BCUT2D eigenvalue weighted by Crippen LogP contribution is 2.27. The van der Waals surface area contributed by atoms with Crippen molar-refractivity contribution in [1.82, 2.24) is 15.6 Å². The lowest BCUT2D eigenvalue weighted by Crippen LogP contribution is -2.29. The molecule has 0 aliphatic carbocycles. The monoisotopic (exact) mass is 235 g/mol. The average Bonchev–Trinajstić information content (AvgIpc) is 2.71. The molecule has 17 heavy (non-hydrogen) atoms. The molecule has 1 aromatic heterocycles. The third-order valence-electron chi connectivity index (χ3n) is 2.64. The number of hydrazine groups is 1. The van der Waals surface area contributed by atoms with E-state index >= 15 is 0 Å². The van der Waals surface area contributed by atoms with Crippen LogP contribution in [0.2, 0.25) is 0 Å². The number of hydrogen-bond donors (Lipinski definition) is 4. The van der Waals surface area contributed by atoms with Crippen LogP contribution in [0.15, 0.2) is 24.4 Å². The van der Waals surface area contributed by atoms with E-state index in [2.05, 4.69) is 15.6 Å². The number of rotatable bonds is 3. The standard InChI is InChI=1S/C11H14FN5/c1-6-2-3-9(12)7(4-6)10(16-14)8-5-15-17-11(8)13/h2-5,10,16H,14H2,1H3,(H3,13,15,17). The van der Waals surface area contributed by atoms with Crippen LogP contribution in [0.1, 0.15) is 22.7 Å². The lowest BCUT2D eigenvalue weighted by atomic mass is 9.99. The van der Waals surface area contributed by atoms with Gasteiger partial charge in [0.25, 0.3) is 0 Å². The third kappa shape index (κ3) is 2.13. The van der Waals surface area contributed by atoms with E-state index in [9.17, 15) is 4.39 Å². The first-order chi connectivity index (χ1) is 8.13. The number of halogens is 1. The number of nitrogens with zero attached hydrogens (tertiary/aromatic N) is 1. The van der Waals surface area contributed by atoms with Crippen LogP contribution in [0.3, 0.4) is 0 Å².